The maximum Gasteiger partial charge on any atom is 0.116 e. The molecule has 5 aliphatic rings. The van der Waals surface area contributed by atoms with Crippen LogP contribution in [0.25, 0.3) is 0 Å². The molecule has 2 N–H and O–H groups in total. The molecule has 5 fully saturated rings. The van der Waals surface area contributed by atoms with Crippen LogP contribution in [-0.2, 0) is 5.41 Å². The normalized spacial score (nSPS) is 45.2. The van der Waals surface area contributed by atoms with Crippen LogP contribution in [0, 0.1) is 10.8 Å². The number of nitrogens with two attached hydrogens (primary N) is 1. The smallest absolute Gasteiger partial charge is 0.116 e. The van der Waals surface area contributed by atoms with Gasteiger partial charge in [0.1, 0.15) is 4.32 Å². The van der Waals surface area contributed by atoms with Crippen molar-refractivity contribution in [1.82, 2.24) is 4.90 Å². The van der Waals surface area contributed by atoms with E-state index in [-0.39, 0.29) is 16.3 Å². The van der Waals surface area contributed by atoms with Crippen LogP contribution in [0.1, 0.15) is 64.9 Å². The summed E-state index contributed by atoms with van der Waals surface area (Å²) in [6.07, 6.45) is 8.01. The van der Waals surface area contributed by atoms with Crippen LogP contribution in [0.3, 0.4) is 0 Å². The molecule has 2 nitrogen and oxygen atoms in total. The first-order chi connectivity index (χ1) is 13.2. The summed E-state index contributed by atoms with van der Waals surface area (Å²) in [4.78, 5) is 2.57. The number of nitrogens with zero attached hydrogens (tertiary/aromatic N) is 1. The Hall–Kier alpha value is -0.580. The van der Waals surface area contributed by atoms with Crippen LogP contribution in [0.5, 0.6) is 0 Å². The highest BCUT2D eigenvalue weighted by molar-refractivity contribution is 8.37. The fourth-order valence-electron chi connectivity index (χ4n) is 7.29. The number of hydrogen-bond donors (Lipinski definition) is 2. The fraction of sp³-hybridized carbons (Fsp3) is 0.708. The van der Waals surface area contributed by atoms with E-state index in [4.69, 9.17) is 18.0 Å². The third kappa shape index (κ3) is 2.97. The second kappa shape index (κ2) is 6.46. The Morgan fingerprint density at radius 3 is 2.32 bits per heavy atom. The number of thiocarbonyl (C=S) groups is 1. The van der Waals surface area contributed by atoms with E-state index in [1.165, 1.54) is 36.4 Å². The predicted octanol–water partition coefficient (Wildman–Crippen LogP) is 5.00. The average molecular weight is 417 g/mol. The molecule has 3 heterocycles. The second-order valence-electron chi connectivity index (χ2n) is 11.3. The van der Waals surface area contributed by atoms with Crippen LogP contribution in [0.15, 0.2) is 30.3 Å². The van der Waals surface area contributed by atoms with Crippen molar-refractivity contribution in [2.75, 3.05) is 13.1 Å². The Kier molecular flexibility index (Phi) is 4.47. The number of thiol groups is 1. The van der Waals surface area contributed by atoms with Gasteiger partial charge >= 0.3 is 0 Å². The summed E-state index contributed by atoms with van der Waals surface area (Å²) in [5.41, 5.74) is 9.11. The fourth-order valence-corrected chi connectivity index (χ4v) is 12.4. The van der Waals surface area contributed by atoms with Crippen LogP contribution in [-0.4, -0.2) is 38.9 Å². The molecule has 154 valence electrons. The quantitative estimate of drug-likeness (QED) is 0.498. The highest BCUT2D eigenvalue weighted by atomic mass is 32.2. The van der Waals surface area contributed by atoms with E-state index in [1.54, 1.807) is 5.56 Å². The first-order valence-corrected chi connectivity index (χ1v) is 13.0. The molecule has 2 unspecified atom stereocenters. The second-order valence-corrected chi connectivity index (χ2v) is 14.6. The molecule has 3 aliphatic heterocycles. The van der Waals surface area contributed by atoms with Crippen LogP contribution < -0.4 is 5.73 Å². The lowest BCUT2D eigenvalue weighted by Gasteiger charge is -2.66. The van der Waals surface area contributed by atoms with Gasteiger partial charge in [0.2, 0.25) is 0 Å². The van der Waals surface area contributed by atoms with E-state index in [9.17, 15) is 0 Å². The summed E-state index contributed by atoms with van der Waals surface area (Å²) < 4.78 is 1.34. The topological polar surface area (TPSA) is 29.3 Å². The summed E-state index contributed by atoms with van der Waals surface area (Å²) >= 11 is 6.25. The van der Waals surface area contributed by atoms with Gasteiger partial charge in [0.25, 0.3) is 0 Å². The lowest BCUT2D eigenvalue weighted by Crippen LogP contribution is -2.60. The molecule has 3 saturated heterocycles. The van der Waals surface area contributed by atoms with Gasteiger partial charge in [0.05, 0.1) is 0 Å². The van der Waals surface area contributed by atoms with Crippen molar-refractivity contribution >= 4 is 27.4 Å². The van der Waals surface area contributed by atoms with E-state index in [1.807, 2.05) is 0 Å². The zero-order valence-corrected chi connectivity index (χ0v) is 19.4. The van der Waals surface area contributed by atoms with Crippen LogP contribution in [0.4, 0.5) is 0 Å². The van der Waals surface area contributed by atoms with Gasteiger partial charge in [-0.25, -0.2) is 0 Å². The number of likely N-dealkylation sites (tertiary alicyclic amines) is 1. The summed E-state index contributed by atoms with van der Waals surface area (Å²) in [5, 5.41) is 1.65. The van der Waals surface area contributed by atoms with Crippen molar-refractivity contribution in [3.05, 3.63) is 35.9 Å². The van der Waals surface area contributed by atoms with E-state index >= 15 is 0 Å². The molecule has 0 aromatic heterocycles. The first kappa shape index (κ1) is 19.4. The minimum atomic E-state index is -0.183. The molecule has 28 heavy (non-hydrogen) atoms. The van der Waals surface area contributed by atoms with Gasteiger partial charge in [0.15, 0.2) is 0 Å². The van der Waals surface area contributed by atoms with Crippen LogP contribution in [0.2, 0.25) is 0 Å². The molecule has 4 bridgehead atoms. The van der Waals surface area contributed by atoms with Gasteiger partial charge in [-0.2, -0.15) is 10.9 Å². The first-order valence-electron chi connectivity index (χ1n) is 11.1. The van der Waals surface area contributed by atoms with E-state index in [0.717, 1.165) is 30.0 Å². The summed E-state index contributed by atoms with van der Waals surface area (Å²) in [7, 11) is -0.183. The molecular weight excluding hydrogens is 380 g/mol. The van der Waals surface area contributed by atoms with E-state index in [2.05, 4.69) is 56.0 Å². The Morgan fingerprint density at radius 2 is 1.71 bits per heavy atom. The van der Waals surface area contributed by atoms with Gasteiger partial charge in [-0.1, -0.05) is 63.3 Å². The monoisotopic (exact) mass is 416 g/mol. The zero-order valence-electron chi connectivity index (χ0n) is 17.7. The molecule has 1 aromatic rings. The maximum atomic E-state index is 6.40. The third-order valence-corrected chi connectivity index (χ3v) is 12.4. The molecule has 4 heteroatoms. The molecule has 2 saturated carbocycles. The molecule has 3 atom stereocenters. The van der Waals surface area contributed by atoms with Gasteiger partial charge < -0.3 is 10.6 Å². The number of piperidine rings is 1. The average Bonchev–Trinajstić information content (AvgIpc) is 2.63. The Bertz CT molecular complexity index is 758. The molecule has 0 radical (unpaired) electrons. The van der Waals surface area contributed by atoms with Gasteiger partial charge in [-0.3, -0.25) is 0 Å². The van der Waals surface area contributed by atoms with Crippen molar-refractivity contribution in [3.8, 4) is 0 Å². The maximum absolute atomic E-state index is 6.40. The molecule has 2 aliphatic carbocycles. The van der Waals surface area contributed by atoms with Gasteiger partial charge in [-0.15, -0.1) is 0 Å². The van der Waals surface area contributed by atoms with Crippen LogP contribution >= 0.6 is 23.1 Å². The largest absolute Gasteiger partial charge is 0.358 e. The molecule has 6 rings (SSSR count). The zero-order chi connectivity index (χ0) is 19.7. The predicted molar refractivity (Wildman–Crippen MR) is 126 cm³/mol. The summed E-state index contributed by atoms with van der Waals surface area (Å²) in [6.45, 7) is 9.33. The molecule has 0 amide bonds. The highest BCUT2D eigenvalue weighted by Crippen LogP contribution is 2.70. The summed E-state index contributed by atoms with van der Waals surface area (Å²) in [6, 6.07) is 11.7. The van der Waals surface area contributed by atoms with Crippen molar-refractivity contribution in [2.45, 2.75) is 81.3 Å². The van der Waals surface area contributed by atoms with Gasteiger partial charge in [0, 0.05) is 19.1 Å². The Balaban J connectivity index is 1.42. The standard InChI is InChI=1S/C24H36N2S2/c1-22(2)16-26(10-9-20(22)25)21(27)28-18-11-23(3)12-19(28)14-24(13-18,15-23)17-7-5-4-6-8-17/h4-8,18-20,28H,9-16,25H2,1-3H3/t18?,19?,20-,23?,24?/m0/s1. The Morgan fingerprint density at radius 1 is 1.07 bits per heavy atom. The van der Waals surface area contributed by atoms with Crippen molar-refractivity contribution in [1.29, 1.82) is 0 Å². The van der Waals surface area contributed by atoms with Crippen molar-refractivity contribution < 1.29 is 0 Å². The number of benzene rings is 1. The van der Waals surface area contributed by atoms with Gasteiger partial charge in [-0.05, 0) is 70.8 Å². The number of hydrogen-bond acceptors (Lipinski definition) is 2. The highest BCUT2D eigenvalue weighted by Gasteiger charge is 2.60. The molecular formula is C24H36N2S2. The minimum absolute atomic E-state index is 0.169. The van der Waals surface area contributed by atoms with Crippen molar-refractivity contribution in [3.63, 3.8) is 0 Å². The lowest BCUT2D eigenvalue weighted by atomic mass is 9.53. The summed E-state index contributed by atoms with van der Waals surface area (Å²) in [5.74, 6) is 0. The number of rotatable bonds is 1. The SMILES string of the molecule is CC12CC3CC(c4ccccc4)(CC(C1)[SH]3C(=S)N1CC[C@H](N)C(C)(C)C1)C2. The molecule has 0 spiro atoms. The third-order valence-electron chi connectivity index (χ3n) is 8.45. The Labute approximate surface area is 179 Å². The minimum Gasteiger partial charge on any atom is -0.358 e. The van der Waals surface area contributed by atoms with E-state index < -0.39 is 0 Å². The van der Waals surface area contributed by atoms with E-state index in [0.29, 0.717) is 16.9 Å². The molecule has 1 aromatic carbocycles. The van der Waals surface area contributed by atoms with Crippen molar-refractivity contribution in [2.24, 2.45) is 16.6 Å². The lowest BCUT2D eigenvalue weighted by molar-refractivity contribution is 0.0622.